The third-order valence-electron chi connectivity index (χ3n) is 4.10. The molecule has 24 heavy (non-hydrogen) atoms. The molecule has 0 radical (unpaired) electrons. The van der Waals surface area contributed by atoms with E-state index < -0.39 is 6.10 Å². The summed E-state index contributed by atoms with van der Waals surface area (Å²) in [7, 11) is 0. The van der Waals surface area contributed by atoms with Gasteiger partial charge in [-0.2, -0.15) is 0 Å². The van der Waals surface area contributed by atoms with Gasteiger partial charge >= 0.3 is 0 Å². The Morgan fingerprint density at radius 2 is 2.25 bits per heavy atom. The Morgan fingerprint density at radius 1 is 1.38 bits per heavy atom. The second-order valence-corrected chi connectivity index (χ2v) is 6.75. The fourth-order valence-corrected chi connectivity index (χ4v) is 3.58. The molecule has 0 spiro atoms. The second-order valence-electron chi connectivity index (χ2n) is 5.81. The van der Waals surface area contributed by atoms with E-state index >= 15 is 0 Å². The summed E-state index contributed by atoms with van der Waals surface area (Å²) < 4.78 is 5.75. The quantitative estimate of drug-likeness (QED) is 0.906. The number of aliphatic hydroxyl groups excluding tert-OH is 1. The van der Waals surface area contributed by atoms with Crippen molar-refractivity contribution in [3.05, 3.63) is 58.3 Å². The summed E-state index contributed by atoms with van der Waals surface area (Å²) >= 11 is 1.73. The Balaban J connectivity index is 1.60. The van der Waals surface area contributed by atoms with Gasteiger partial charge in [-0.15, -0.1) is 11.3 Å². The number of hydrogen-bond donors (Lipinski definition) is 1. The maximum Gasteiger partial charge on any atom is 0.263 e. The van der Waals surface area contributed by atoms with Gasteiger partial charge in [-0.1, -0.05) is 24.3 Å². The van der Waals surface area contributed by atoms with Crippen molar-refractivity contribution in [2.75, 3.05) is 13.1 Å². The molecule has 0 saturated carbocycles. The van der Waals surface area contributed by atoms with Crippen LogP contribution in [0.1, 0.15) is 23.8 Å². The van der Waals surface area contributed by atoms with Crippen LogP contribution in [0.15, 0.2) is 47.9 Å². The normalized spacial score (nSPS) is 15.8. The summed E-state index contributed by atoms with van der Waals surface area (Å²) in [6, 6.07) is 11.4. The van der Waals surface area contributed by atoms with Crippen LogP contribution in [0, 0.1) is 0 Å². The summed E-state index contributed by atoms with van der Waals surface area (Å²) in [6.45, 7) is 3.07. The van der Waals surface area contributed by atoms with Crippen molar-refractivity contribution in [1.82, 2.24) is 4.90 Å². The first-order valence-corrected chi connectivity index (χ1v) is 8.93. The second kappa shape index (κ2) is 7.64. The molecule has 0 aliphatic carbocycles. The van der Waals surface area contributed by atoms with Crippen LogP contribution in [0.2, 0.25) is 0 Å². The number of carbonyl (C=O) groups excluding carboxylic acids is 1. The van der Waals surface area contributed by atoms with Gasteiger partial charge in [0.25, 0.3) is 5.91 Å². The first-order valence-electron chi connectivity index (χ1n) is 8.05. The number of thiophene rings is 1. The highest BCUT2D eigenvalue weighted by molar-refractivity contribution is 7.11. The van der Waals surface area contributed by atoms with Gasteiger partial charge < -0.3 is 14.7 Å². The highest BCUT2D eigenvalue weighted by Gasteiger charge is 2.24. The van der Waals surface area contributed by atoms with Crippen LogP contribution in [0.3, 0.4) is 0 Å². The number of hydrogen-bond acceptors (Lipinski definition) is 4. The third-order valence-corrected chi connectivity index (χ3v) is 5.05. The first kappa shape index (κ1) is 16.7. The molecule has 2 aromatic rings. The minimum absolute atomic E-state index is 0.00844. The Hall–Kier alpha value is -2.11. The number of rotatable bonds is 5. The molecule has 126 valence electrons. The highest BCUT2D eigenvalue weighted by Crippen LogP contribution is 2.26. The average molecular weight is 343 g/mol. The van der Waals surface area contributed by atoms with Crippen molar-refractivity contribution in [3.63, 3.8) is 0 Å². The van der Waals surface area contributed by atoms with Crippen LogP contribution in [0.25, 0.3) is 5.57 Å². The summed E-state index contributed by atoms with van der Waals surface area (Å²) in [5.74, 6) is 0.597. The zero-order valence-corrected chi connectivity index (χ0v) is 14.5. The van der Waals surface area contributed by atoms with Gasteiger partial charge in [0, 0.05) is 18.0 Å². The number of carbonyl (C=O) groups is 1. The van der Waals surface area contributed by atoms with Gasteiger partial charge in [0.15, 0.2) is 6.10 Å². The van der Waals surface area contributed by atoms with E-state index in [1.165, 1.54) is 10.5 Å². The minimum Gasteiger partial charge on any atom is -0.481 e. The van der Waals surface area contributed by atoms with Crippen molar-refractivity contribution in [1.29, 1.82) is 0 Å². The van der Waals surface area contributed by atoms with E-state index in [0.29, 0.717) is 18.8 Å². The fourth-order valence-electron chi connectivity index (χ4n) is 2.78. The monoisotopic (exact) mass is 343 g/mol. The lowest BCUT2D eigenvalue weighted by molar-refractivity contribution is -0.137. The molecule has 0 fully saturated rings. The molecule has 0 bridgehead atoms. The predicted molar refractivity (Wildman–Crippen MR) is 95.9 cm³/mol. The maximum atomic E-state index is 12.6. The summed E-state index contributed by atoms with van der Waals surface area (Å²) in [6.07, 6.45) is 2.46. The molecule has 5 heteroatoms. The molecule has 2 heterocycles. The summed E-state index contributed by atoms with van der Waals surface area (Å²) in [5.41, 5.74) is 2.09. The molecule has 0 saturated heterocycles. The lowest BCUT2D eigenvalue weighted by Gasteiger charge is -2.28. The molecule has 1 aromatic carbocycles. The van der Waals surface area contributed by atoms with Gasteiger partial charge in [-0.05, 0) is 48.1 Å². The average Bonchev–Trinajstić information content (AvgIpc) is 3.16. The van der Waals surface area contributed by atoms with E-state index in [2.05, 4.69) is 23.6 Å². The van der Waals surface area contributed by atoms with Crippen LogP contribution in [-0.2, 0) is 11.4 Å². The predicted octanol–water partition coefficient (Wildman–Crippen LogP) is 3.32. The van der Waals surface area contributed by atoms with Gasteiger partial charge in [0.1, 0.15) is 5.75 Å². The molecule has 1 atom stereocenters. The Morgan fingerprint density at radius 3 is 2.92 bits per heavy atom. The molecule has 1 amide bonds. The number of ether oxygens (including phenoxy) is 1. The van der Waals surface area contributed by atoms with E-state index in [1.807, 2.05) is 17.0 Å². The van der Waals surface area contributed by atoms with Gasteiger partial charge in [0.2, 0.25) is 0 Å². The standard InChI is InChI=1S/C19H21NO3S/c1-14(23-17-5-2-4-15(12-17)13-21)19(22)20-9-7-16(8-10-20)18-6-3-11-24-18/h2-7,11-12,14,21H,8-10,13H2,1H3. The van der Waals surface area contributed by atoms with Crippen molar-refractivity contribution >= 4 is 22.8 Å². The minimum atomic E-state index is -0.546. The van der Waals surface area contributed by atoms with Crippen LogP contribution in [0.5, 0.6) is 5.75 Å². The van der Waals surface area contributed by atoms with Crippen LogP contribution in [0.4, 0.5) is 0 Å². The Bertz CT molecular complexity index is 724. The highest BCUT2D eigenvalue weighted by atomic mass is 32.1. The van der Waals surface area contributed by atoms with Gasteiger partial charge in [-0.25, -0.2) is 0 Å². The molecular weight excluding hydrogens is 322 g/mol. The molecule has 3 rings (SSSR count). The fraction of sp³-hybridized carbons (Fsp3) is 0.316. The third kappa shape index (κ3) is 3.86. The number of amides is 1. The van der Waals surface area contributed by atoms with Crippen molar-refractivity contribution in [2.24, 2.45) is 0 Å². The van der Waals surface area contributed by atoms with Crippen molar-refractivity contribution in [2.45, 2.75) is 26.1 Å². The topological polar surface area (TPSA) is 49.8 Å². The molecule has 1 aromatic heterocycles. The Labute approximate surface area is 146 Å². The molecular formula is C19H21NO3S. The van der Waals surface area contributed by atoms with Crippen molar-refractivity contribution < 1.29 is 14.6 Å². The summed E-state index contributed by atoms with van der Waals surface area (Å²) in [5, 5.41) is 11.2. The lowest BCUT2D eigenvalue weighted by atomic mass is 10.1. The summed E-state index contributed by atoms with van der Waals surface area (Å²) in [4.78, 5) is 15.7. The smallest absolute Gasteiger partial charge is 0.263 e. The SMILES string of the molecule is CC(Oc1cccc(CO)c1)C(=O)N1CC=C(c2cccs2)CC1. The van der Waals surface area contributed by atoms with Gasteiger partial charge in [0.05, 0.1) is 6.61 Å². The largest absolute Gasteiger partial charge is 0.481 e. The maximum absolute atomic E-state index is 12.6. The zero-order chi connectivity index (χ0) is 16.9. The molecule has 1 N–H and O–H groups in total. The number of aliphatic hydroxyl groups is 1. The van der Waals surface area contributed by atoms with E-state index in [9.17, 15) is 9.90 Å². The Kier molecular flexibility index (Phi) is 5.33. The zero-order valence-electron chi connectivity index (χ0n) is 13.6. The van der Waals surface area contributed by atoms with E-state index in [4.69, 9.17) is 4.74 Å². The molecule has 4 nitrogen and oxygen atoms in total. The number of benzene rings is 1. The number of nitrogens with zero attached hydrogens (tertiary/aromatic N) is 1. The molecule has 1 aliphatic rings. The van der Waals surface area contributed by atoms with E-state index in [-0.39, 0.29) is 12.5 Å². The molecule has 1 unspecified atom stereocenters. The van der Waals surface area contributed by atoms with Crippen molar-refractivity contribution in [3.8, 4) is 5.75 Å². The van der Waals surface area contributed by atoms with E-state index in [0.717, 1.165) is 12.0 Å². The first-order chi connectivity index (χ1) is 11.7. The van der Waals surface area contributed by atoms with Crippen LogP contribution < -0.4 is 4.74 Å². The van der Waals surface area contributed by atoms with Crippen LogP contribution in [-0.4, -0.2) is 35.1 Å². The lowest BCUT2D eigenvalue weighted by Crippen LogP contribution is -2.42. The van der Waals surface area contributed by atoms with Crippen LogP contribution >= 0.6 is 11.3 Å². The molecule has 1 aliphatic heterocycles. The van der Waals surface area contributed by atoms with E-state index in [1.54, 1.807) is 30.4 Å². The van der Waals surface area contributed by atoms with Gasteiger partial charge in [-0.3, -0.25) is 4.79 Å².